The van der Waals surface area contributed by atoms with Gasteiger partial charge >= 0.3 is 0 Å². The van der Waals surface area contributed by atoms with Crippen LogP contribution < -0.4 is 0 Å². The van der Waals surface area contributed by atoms with Gasteiger partial charge in [-0.05, 0) is 99.4 Å². The van der Waals surface area contributed by atoms with E-state index >= 15 is 0 Å². The van der Waals surface area contributed by atoms with Crippen molar-refractivity contribution in [2.75, 3.05) is 0 Å². The van der Waals surface area contributed by atoms with Crippen LogP contribution in [0, 0.1) is 0 Å². The van der Waals surface area contributed by atoms with Gasteiger partial charge in [0.25, 0.3) is 0 Å². The summed E-state index contributed by atoms with van der Waals surface area (Å²) in [6, 6.07) is 47.2. The number of hydrogen-bond acceptors (Lipinski definition) is 0. The Bertz CT molecular complexity index is 2730. The largest absolute Gasteiger partial charge is 0.0629 e. The topological polar surface area (TPSA) is 0 Å². The highest BCUT2D eigenvalue weighted by Crippen LogP contribution is 2.44. The average Bonchev–Trinajstić information content (AvgIpc) is 3.15. The van der Waals surface area contributed by atoms with Crippen LogP contribution in [0.2, 0.25) is 0 Å². The van der Waals surface area contributed by atoms with Crippen molar-refractivity contribution in [2.24, 2.45) is 0 Å². The van der Waals surface area contributed by atoms with Gasteiger partial charge in [0.2, 0.25) is 0 Å². The van der Waals surface area contributed by atoms with Crippen LogP contribution >= 0.6 is 0 Å². The van der Waals surface area contributed by atoms with E-state index in [1.165, 1.54) is 37.9 Å². The van der Waals surface area contributed by atoms with Gasteiger partial charge in [0.15, 0.2) is 0 Å². The minimum Gasteiger partial charge on any atom is -0.0622 e. The summed E-state index contributed by atoms with van der Waals surface area (Å²) in [5.74, 6) is 0. The maximum atomic E-state index is 8.81. The van der Waals surface area contributed by atoms with E-state index in [2.05, 4.69) is 103 Å². The molecule has 0 aromatic heterocycles. The van der Waals surface area contributed by atoms with Crippen molar-refractivity contribution in [1.82, 2.24) is 0 Å². The fourth-order valence-electron chi connectivity index (χ4n) is 6.93. The van der Waals surface area contributed by atoms with Gasteiger partial charge in [-0.1, -0.05) is 158 Å². The van der Waals surface area contributed by atoms with E-state index < -0.39 is 6.04 Å². The van der Waals surface area contributed by atoms with E-state index in [9.17, 15) is 0 Å². The predicted molar refractivity (Wildman–Crippen MR) is 190 cm³/mol. The van der Waals surface area contributed by atoms with Crippen LogP contribution in [0.15, 0.2) is 170 Å². The molecule has 0 heteroatoms. The molecule has 204 valence electrons. The summed E-state index contributed by atoms with van der Waals surface area (Å²) >= 11 is 0. The third kappa shape index (κ3) is 3.85. The smallest absolute Gasteiger partial charge is 0.0622 e. The minimum atomic E-state index is -0.392. The van der Waals surface area contributed by atoms with Gasteiger partial charge in [0.1, 0.15) is 0 Å². The molecule has 0 atom stereocenters. The standard InChI is InChI=1S/C44H28/c1-2-11-30(12-3-1)43-38-15-6-8-17-40(38)44(41-18-9-7-16-39(41)43)31-23-21-29(22-24-31)35-19-10-20-36-37(35)26-25-34-27-32-13-4-5-14-33(32)28-42(34)36/h1-28H/i1D,2D,3D,11D,12D. The molecule has 0 amide bonds. The molecule has 9 aromatic carbocycles. The van der Waals surface area contributed by atoms with Crippen LogP contribution in [-0.4, -0.2) is 0 Å². The minimum absolute atomic E-state index is 0.200. The molecule has 0 spiro atoms. The third-order valence-corrected chi connectivity index (χ3v) is 8.91. The van der Waals surface area contributed by atoms with Crippen molar-refractivity contribution in [3.8, 4) is 33.4 Å². The molecule has 0 nitrogen and oxygen atoms in total. The Kier molecular flexibility index (Phi) is 4.57. The summed E-state index contributed by atoms with van der Waals surface area (Å²) in [4.78, 5) is 0. The highest BCUT2D eigenvalue weighted by atomic mass is 14.2. The first-order chi connectivity index (χ1) is 23.9. The van der Waals surface area contributed by atoms with Crippen LogP contribution in [0.4, 0.5) is 0 Å². The molecule has 0 radical (unpaired) electrons. The van der Waals surface area contributed by atoms with Crippen LogP contribution in [0.25, 0.3) is 87.2 Å². The monoisotopic (exact) mass is 561 g/mol. The van der Waals surface area contributed by atoms with Gasteiger partial charge < -0.3 is 0 Å². The highest BCUT2D eigenvalue weighted by Gasteiger charge is 2.16. The fourth-order valence-corrected chi connectivity index (χ4v) is 6.93. The second-order valence-corrected chi connectivity index (χ2v) is 11.3. The molecule has 0 bridgehead atoms. The molecule has 0 unspecified atom stereocenters. The normalized spacial score (nSPS) is 13.2. The second-order valence-electron chi connectivity index (χ2n) is 11.3. The Hall–Kier alpha value is -5.72. The van der Waals surface area contributed by atoms with E-state index in [0.717, 1.165) is 38.2 Å². The molecule has 9 aromatic rings. The molecule has 0 fully saturated rings. The zero-order valence-corrected chi connectivity index (χ0v) is 23.8. The predicted octanol–water partition coefficient (Wildman–Crippen LogP) is 12.5. The molecule has 0 saturated heterocycles. The molecule has 9 rings (SSSR count). The molecule has 44 heavy (non-hydrogen) atoms. The van der Waals surface area contributed by atoms with Gasteiger partial charge in [-0.3, -0.25) is 0 Å². The Labute approximate surface area is 263 Å². The lowest BCUT2D eigenvalue weighted by Gasteiger charge is -2.18. The van der Waals surface area contributed by atoms with Crippen LogP contribution in [0.1, 0.15) is 6.85 Å². The van der Waals surface area contributed by atoms with Crippen LogP contribution in [0.3, 0.4) is 0 Å². The van der Waals surface area contributed by atoms with Crippen molar-refractivity contribution in [3.05, 3.63) is 170 Å². The van der Waals surface area contributed by atoms with Gasteiger partial charge in [-0.15, -0.1) is 0 Å². The van der Waals surface area contributed by atoms with Crippen molar-refractivity contribution >= 4 is 53.9 Å². The number of fused-ring (bicyclic) bond motifs is 6. The highest BCUT2D eigenvalue weighted by molar-refractivity contribution is 6.21. The quantitative estimate of drug-likeness (QED) is 0.149. The Morgan fingerprint density at radius 1 is 0.318 bits per heavy atom. The first kappa shape index (κ1) is 20.2. The lowest BCUT2D eigenvalue weighted by molar-refractivity contribution is 1.63. The molecule has 0 N–H and O–H groups in total. The molecule has 0 saturated carbocycles. The van der Waals surface area contributed by atoms with Gasteiger partial charge in [0.05, 0.1) is 6.85 Å². The maximum Gasteiger partial charge on any atom is 0.0629 e. The first-order valence-corrected chi connectivity index (χ1v) is 14.9. The second kappa shape index (κ2) is 9.93. The molecule has 0 aliphatic heterocycles. The van der Waals surface area contributed by atoms with Crippen molar-refractivity contribution in [1.29, 1.82) is 0 Å². The van der Waals surface area contributed by atoms with Crippen molar-refractivity contribution < 1.29 is 6.85 Å². The zero-order chi connectivity index (χ0) is 33.4. The van der Waals surface area contributed by atoms with Crippen LogP contribution in [-0.2, 0) is 0 Å². The molecular formula is C44H28. The summed E-state index contributed by atoms with van der Waals surface area (Å²) in [7, 11) is 0. The fraction of sp³-hybridized carbons (Fsp3) is 0. The van der Waals surface area contributed by atoms with Crippen LogP contribution in [0.5, 0.6) is 0 Å². The summed E-state index contributed by atoms with van der Waals surface area (Å²) in [5.41, 5.74) is 5.26. The van der Waals surface area contributed by atoms with Gasteiger partial charge in [-0.2, -0.15) is 0 Å². The SMILES string of the molecule is [2H]c1c([2H])c([2H])c(-c2c3ccccc3c(-c3ccc(-c4cccc5c4ccc4cc6ccccc6cc45)cc3)c3ccccc23)c([2H])c1[2H]. The van der Waals surface area contributed by atoms with Crippen molar-refractivity contribution in [3.63, 3.8) is 0 Å². The van der Waals surface area contributed by atoms with E-state index in [1.54, 1.807) is 0 Å². The molecule has 0 aliphatic rings. The Morgan fingerprint density at radius 2 is 0.864 bits per heavy atom. The molecule has 0 aliphatic carbocycles. The summed E-state index contributed by atoms with van der Waals surface area (Å²) in [6.07, 6.45) is 0. The Balaban J connectivity index is 1.24. The van der Waals surface area contributed by atoms with Crippen molar-refractivity contribution in [2.45, 2.75) is 0 Å². The average molecular weight is 562 g/mol. The van der Waals surface area contributed by atoms with E-state index in [0.29, 0.717) is 5.56 Å². The lowest BCUT2D eigenvalue weighted by atomic mass is 9.85. The van der Waals surface area contributed by atoms with Gasteiger partial charge in [0, 0.05) is 0 Å². The third-order valence-electron chi connectivity index (χ3n) is 8.91. The number of benzene rings is 9. The summed E-state index contributed by atoms with van der Waals surface area (Å²) in [6.45, 7) is 0. The van der Waals surface area contributed by atoms with E-state index in [1.807, 2.05) is 36.4 Å². The lowest BCUT2D eigenvalue weighted by Crippen LogP contribution is -1.91. The number of hydrogen-bond donors (Lipinski definition) is 0. The number of rotatable bonds is 3. The van der Waals surface area contributed by atoms with E-state index in [-0.39, 0.29) is 29.7 Å². The first-order valence-electron chi connectivity index (χ1n) is 17.4. The zero-order valence-electron chi connectivity index (χ0n) is 28.8. The van der Waals surface area contributed by atoms with E-state index in [4.69, 9.17) is 6.85 Å². The van der Waals surface area contributed by atoms with Gasteiger partial charge in [-0.25, -0.2) is 0 Å². The summed E-state index contributed by atoms with van der Waals surface area (Å²) < 4.78 is 42.6. The molecule has 0 heterocycles. The summed E-state index contributed by atoms with van der Waals surface area (Å²) in [5, 5.41) is 11.0. The Morgan fingerprint density at radius 3 is 1.52 bits per heavy atom. The maximum absolute atomic E-state index is 8.81. The molecular weight excluding hydrogens is 528 g/mol.